The molecule has 0 bridgehead atoms. The fourth-order valence-electron chi connectivity index (χ4n) is 9.01. The lowest BCUT2D eigenvalue weighted by Crippen LogP contribution is -2.64. The van der Waals surface area contributed by atoms with Gasteiger partial charge in [0.05, 0.1) is 43.7 Å². The van der Waals surface area contributed by atoms with E-state index in [1.54, 1.807) is 31.2 Å². The molecule has 2 saturated carbocycles. The highest BCUT2D eigenvalue weighted by atomic mass is 16.7. The van der Waals surface area contributed by atoms with Crippen LogP contribution in [0.4, 0.5) is 5.69 Å². The van der Waals surface area contributed by atoms with Crippen LogP contribution in [0.2, 0.25) is 0 Å². The van der Waals surface area contributed by atoms with Crippen molar-refractivity contribution >= 4 is 23.2 Å². The molecule has 3 aliphatic heterocycles. The minimum absolute atomic E-state index is 0.0800. The Morgan fingerprint density at radius 3 is 2.35 bits per heavy atom. The van der Waals surface area contributed by atoms with Crippen LogP contribution in [0, 0.1) is 22.7 Å². The van der Waals surface area contributed by atoms with Gasteiger partial charge in [0.1, 0.15) is 35.7 Å². The molecule has 2 saturated heterocycles. The van der Waals surface area contributed by atoms with E-state index in [9.17, 15) is 35.1 Å². The van der Waals surface area contributed by atoms with Crippen molar-refractivity contribution in [2.45, 2.75) is 88.9 Å². The monoisotopic (exact) mass is 713 g/mol. The van der Waals surface area contributed by atoms with Crippen molar-refractivity contribution in [3.63, 3.8) is 0 Å². The molecule has 1 aromatic rings. The predicted octanol–water partition coefficient (Wildman–Crippen LogP) is 1.85. The van der Waals surface area contributed by atoms with Crippen LogP contribution in [0.1, 0.15) is 52.0 Å². The van der Waals surface area contributed by atoms with Gasteiger partial charge in [-0.15, -0.1) is 0 Å². The van der Waals surface area contributed by atoms with Crippen molar-refractivity contribution in [3.8, 4) is 0 Å². The molecule has 6 rings (SSSR count). The second-order valence-corrected chi connectivity index (χ2v) is 15.2. The first-order valence-electron chi connectivity index (χ1n) is 17.7. The van der Waals surface area contributed by atoms with Crippen molar-refractivity contribution in [2.75, 3.05) is 45.4 Å². The van der Waals surface area contributed by atoms with Gasteiger partial charge in [0, 0.05) is 31.1 Å². The average Bonchev–Trinajstić information content (AvgIpc) is 3.78. The molecule has 3 heterocycles. The summed E-state index contributed by atoms with van der Waals surface area (Å²) in [5.74, 6) is -1.30. The van der Waals surface area contributed by atoms with E-state index in [1.807, 2.05) is 44.1 Å². The van der Waals surface area contributed by atoms with Gasteiger partial charge in [0.2, 0.25) is 0 Å². The molecule has 51 heavy (non-hydrogen) atoms. The van der Waals surface area contributed by atoms with Crippen LogP contribution < -0.4 is 4.90 Å². The summed E-state index contributed by atoms with van der Waals surface area (Å²) in [6.07, 6.45) is 0.263. The van der Waals surface area contributed by atoms with E-state index in [4.69, 9.17) is 23.7 Å². The Kier molecular flexibility index (Phi) is 10.6. The lowest BCUT2D eigenvalue weighted by molar-refractivity contribution is -0.330. The number of carbonyl (C=O) groups is 2. The number of ether oxygens (including phenoxy) is 5. The zero-order valence-electron chi connectivity index (χ0n) is 29.9. The molecule has 0 amide bonds. The van der Waals surface area contributed by atoms with E-state index in [2.05, 4.69) is 6.92 Å². The summed E-state index contributed by atoms with van der Waals surface area (Å²) in [6, 6.07) is 7.32. The molecule has 0 aromatic heterocycles. The highest BCUT2D eigenvalue weighted by molar-refractivity contribution is 6.19. The Hall–Kier alpha value is -3.14. The molecule has 0 radical (unpaired) electrons. The van der Waals surface area contributed by atoms with Crippen LogP contribution in [0.25, 0.3) is 5.57 Å². The number of aliphatic hydroxyl groups excluding tert-OH is 5. The number of rotatable bonds is 10. The van der Waals surface area contributed by atoms with Crippen molar-refractivity contribution in [1.82, 2.24) is 0 Å². The van der Waals surface area contributed by atoms with Gasteiger partial charge in [-0.05, 0) is 67.7 Å². The maximum Gasteiger partial charge on any atom is 0.343 e. The van der Waals surface area contributed by atoms with Crippen LogP contribution in [-0.4, -0.2) is 120 Å². The third-order valence-corrected chi connectivity index (χ3v) is 12.0. The Labute approximate surface area is 298 Å². The molecule has 11 atom stereocenters. The summed E-state index contributed by atoms with van der Waals surface area (Å²) in [5.41, 5.74) is 0.315. The number of esters is 2. The first-order valence-corrected chi connectivity index (χ1v) is 17.7. The highest BCUT2D eigenvalue weighted by Crippen LogP contribution is 2.66. The molecule has 280 valence electrons. The number of carbonyl (C=O) groups excluding carboxylic acids is 2. The van der Waals surface area contributed by atoms with Crippen LogP contribution in [0.15, 0.2) is 53.8 Å². The second kappa shape index (κ2) is 14.4. The van der Waals surface area contributed by atoms with Gasteiger partial charge >= 0.3 is 11.9 Å². The molecule has 4 fully saturated rings. The van der Waals surface area contributed by atoms with Gasteiger partial charge in [-0.1, -0.05) is 38.1 Å². The Bertz CT molecular complexity index is 1560. The number of hydrogen-bond donors (Lipinski definition) is 5. The Morgan fingerprint density at radius 2 is 1.75 bits per heavy atom. The summed E-state index contributed by atoms with van der Waals surface area (Å²) in [4.78, 5) is 28.3. The van der Waals surface area contributed by atoms with Crippen molar-refractivity contribution < 1.29 is 58.8 Å². The summed E-state index contributed by atoms with van der Waals surface area (Å²) in [6.45, 7) is 5.76. The van der Waals surface area contributed by atoms with Crippen LogP contribution >= 0.6 is 0 Å². The van der Waals surface area contributed by atoms with Crippen molar-refractivity contribution in [3.05, 3.63) is 59.4 Å². The lowest BCUT2D eigenvalue weighted by Gasteiger charge is -2.61. The van der Waals surface area contributed by atoms with Crippen molar-refractivity contribution in [2.24, 2.45) is 22.7 Å². The molecular formula is C38H51NO12. The third kappa shape index (κ3) is 6.67. The normalized spacial score (nSPS) is 40.1. The largest absolute Gasteiger partial charge is 0.462 e. The van der Waals surface area contributed by atoms with Crippen LogP contribution in [-0.2, 0) is 33.3 Å². The first kappa shape index (κ1) is 37.6. The van der Waals surface area contributed by atoms with Gasteiger partial charge in [-0.2, -0.15) is 0 Å². The summed E-state index contributed by atoms with van der Waals surface area (Å²) < 4.78 is 29.1. The second-order valence-electron chi connectivity index (χ2n) is 15.2. The molecule has 1 spiro atoms. The summed E-state index contributed by atoms with van der Waals surface area (Å²) >= 11 is 0. The molecule has 1 aromatic carbocycles. The lowest BCUT2D eigenvalue weighted by atomic mass is 9.45. The van der Waals surface area contributed by atoms with E-state index in [1.165, 1.54) is 0 Å². The highest BCUT2D eigenvalue weighted by Gasteiger charge is 2.67. The number of benzene rings is 1. The molecule has 13 heteroatoms. The fourth-order valence-corrected chi connectivity index (χ4v) is 9.01. The number of cyclic esters (lactones) is 1. The van der Waals surface area contributed by atoms with Gasteiger partial charge in [0.15, 0.2) is 6.29 Å². The van der Waals surface area contributed by atoms with E-state index in [0.717, 1.165) is 18.5 Å². The maximum atomic E-state index is 13.3. The van der Waals surface area contributed by atoms with Gasteiger partial charge < -0.3 is 54.1 Å². The first-order chi connectivity index (χ1) is 24.2. The zero-order valence-corrected chi connectivity index (χ0v) is 29.9. The Morgan fingerprint density at radius 1 is 1.04 bits per heavy atom. The molecule has 8 unspecified atom stereocenters. The molecular weight excluding hydrogens is 662 g/mol. The predicted molar refractivity (Wildman–Crippen MR) is 184 cm³/mol. The maximum absolute atomic E-state index is 13.3. The van der Waals surface area contributed by atoms with E-state index >= 15 is 0 Å². The summed E-state index contributed by atoms with van der Waals surface area (Å²) in [5, 5.41) is 51.9. The molecule has 5 aliphatic rings. The quantitative estimate of drug-likeness (QED) is 0.102. The summed E-state index contributed by atoms with van der Waals surface area (Å²) in [7, 11) is 3.83. The minimum atomic E-state index is -1.57. The number of hydrogen-bond acceptors (Lipinski definition) is 13. The zero-order chi connectivity index (χ0) is 36.9. The molecule has 13 nitrogen and oxygen atoms in total. The molecule has 5 N–H and O–H groups in total. The van der Waals surface area contributed by atoms with Crippen LogP contribution in [0.3, 0.4) is 0 Å². The smallest absolute Gasteiger partial charge is 0.343 e. The van der Waals surface area contributed by atoms with Gasteiger partial charge in [-0.25, -0.2) is 9.59 Å². The average molecular weight is 714 g/mol. The number of epoxide rings is 1. The number of anilines is 1. The van der Waals surface area contributed by atoms with E-state index < -0.39 is 71.8 Å². The topological polar surface area (TPSA) is 188 Å². The minimum Gasteiger partial charge on any atom is -0.462 e. The number of allylic oxidation sites excluding steroid dienone is 1. The number of fused-ring (bicyclic) bond motifs is 1. The van der Waals surface area contributed by atoms with Gasteiger partial charge in [-0.3, -0.25) is 0 Å². The van der Waals surface area contributed by atoms with Crippen molar-refractivity contribution in [1.29, 1.82) is 0 Å². The third-order valence-electron chi connectivity index (χ3n) is 12.0. The van der Waals surface area contributed by atoms with Gasteiger partial charge in [0.25, 0.3) is 0 Å². The number of nitrogens with zero attached hydrogens (tertiary/aromatic N) is 1. The standard InChI is InChI=1S/C38H51NO12/c1-6-47-34(46)29(21-7-10-23(11-8-21)39(4)5)24-17-22(33(45)49-24)9-12-27-36(2)15-14-28(37(3,19-41)26(36)13-16-38(27)20-48-38)51-35-32(44)31(43)30(42)25(18-40)50-35/h7-12,17,25-28,30-32,35,40-44H,6,13-16,18-20H2,1-5H3/t25?,26?,27?,28-,30?,31?,32?,35?,36+,37+,38?/m1/s1. The fraction of sp³-hybridized carbons (Fsp3) is 0.632. The van der Waals surface area contributed by atoms with Crippen LogP contribution in [0.5, 0.6) is 0 Å². The Balaban J connectivity index is 1.28. The molecule has 2 aliphatic carbocycles. The van der Waals surface area contributed by atoms with E-state index in [-0.39, 0.29) is 42.0 Å². The SMILES string of the molecule is CCOC(=O)C(=C1C=C(C=CC2C3(CCC4[C@]2(C)CC[C@@H](OC2OC(CO)C(O)C(O)C2O)[C@@]4(C)CO)CO3)C(=O)O1)c1ccc(N(C)C)cc1. The van der Waals surface area contributed by atoms with E-state index in [0.29, 0.717) is 25.0 Å². The number of aliphatic hydroxyl groups is 5.